The molecule has 6 nitrogen and oxygen atoms in total. The number of rotatable bonds is 9. The number of nitrogens with one attached hydrogen (secondary N) is 1. The Morgan fingerprint density at radius 3 is 2.67 bits per heavy atom. The fourth-order valence-electron chi connectivity index (χ4n) is 4.63. The van der Waals surface area contributed by atoms with Crippen LogP contribution in [0.4, 0.5) is 5.69 Å². The standard InChI is InChI=1S/C30H31N3O3/c1-2-36-29(34)17-23-7-3-4-9-27(23)32-30(35)24-15-26(22-8-5-6-21(14-22)18-31)25-12-13-33(28(25)16-24)19-20-10-11-20/h3-9,12-16,20H,2,10-11,17-19,31H2,1H3,(H,32,35). The van der Waals surface area contributed by atoms with Crippen LogP contribution in [0.3, 0.4) is 0 Å². The van der Waals surface area contributed by atoms with E-state index in [-0.39, 0.29) is 18.3 Å². The van der Waals surface area contributed by atoms with E-state index in [1.54, 1.807) is 6.92 Å². The van der Waals surface area contributed by atoms with Crippen LogP contribution in [-0.4, -0.2) is 23.1 Å². The summed E-state index contributed by atoms with van der Waals surface area (Å²) in [5, 5.41) is 4.14. The van der Waals surface area contributed by atoms with Crippen LogP contribution < -0.4 is 11.1 Å². The molecule has 1 aliphatic rings. The average molecular weight is 482 g/mol. The monoisotopic (exact) mass is 481 g/mol. The van der Waals surface area contributed by atoms with Gasteiger partial charge in [0.1, 0.15) is 0 Å². The number of nitrogens with zero attached hydrogens (tertiary/aromatic N) is 1. The molecule has 1 amide bonds. The summed E-state index contributed by atoms with van der Waals surface area (Å²) < 4.78 is 7.36. The van der Waals surface area contributed by atoms with E-state index in [0.29, 0.717) is 30.3 Å². The first-order valence-electron chi connectivity index (χ1n) is 12.5. The number of ether oxygens (including phenoxy) is 1. The zero-order valence-corrected chi connectivity index (χ0v) is 20.5. The third-order valence-electron chi connectivity index (χ3n) is 6.68. The summed E-state index contributed by atoms with van der Waals surface area (Å²) >= 11 is 0. The number of carbonyl (C=O) groups is 2. The smallest absolute Gasteiger partial charge is 0.310 e. The zero-order chi connectivity index (χ0) is 25.1. The van der Waals surface area contributed by atoms with Crippen molar-refractivity contribution < 1.29 is 14.3 Å². The van der Waals surface area contributed by atoms with Gasteiger partial charge < -0.3 is 20.4 Å². The summed E-state index contributed by atoms with van der Waals surface area (Å²) in [7, 11) is 0. The maximum Gasteiger partial charge on any atom is 0.310 e. The fraction of sp³-hybridized carbons (Fsp3) is 0.267. The molecule has 3 N–H and O–H groups in total. The Morgan fingerprint density at radius 1 is 1.06 bits per heavy atom. The molecule has 3 aromatic carbocycles. The van der Waals surface area contributed by atoms with Crippen LogP contribution in [0.2, 0.25) is 0 Å². The Labute approximate surface area is 211 Å². The summed E-state index contributed by atoms with van der Waals surface area (Å²) in [6.45, 7) is 3.51. The Balaban J connectivity index is 1.53. The molecule has 6 heteroatoms. The molecule has 184 valence electrons. The SMILES string of the molecule is CCOC(=O)Cc1ccccc1NC(=O)c1cc(-c2cccc(CN)c2)c2ccn(CC3CC3)c2c1. The van der Waals surface area contributed by atoms with Gasteiger partial charge in [0.15, 0.2) is 0 Å². The molecular formula is C30H31N3O3. The summed E-state index contributed by atoms with van der Waals surface area (Å²) in [5.74, 6) is 0.168. The number of para-hydroxylation sites is 1. The van der Waals surface area contributed by atoms with Gasteiger partial charge in [0.25, 0.3) is 5.91 Å². The molecule has 1 aliphatic carbocycles. The minimum absolute atomic E-state index is 0.102. The van der Waals surface area contributed by atoms with Gasteiger partial charge in [-0.25, -0.2) is 0 Å². The molecule has 0 atom stereocenters. The highest BCUT2D eigenvalue weighted by atomic mass is 16.5. The number of esters is 1. The van der Waals surface area contributed by atoms with Crippen LogP contribution in [0.1, 0.15) is 41.3 Å². The molecule has 1 aromatic heterocycles. The van der Waals surface area contributed by atoms with E-state index in [1.165, 1.54) is 12.8 Å². The van der Waals surface area contributed by atoms with E-state index >= 15 is 0 Å². The lowest BCUT2D eigenvalue weighted by atomic mass is 9.97. The van der Waals surface area contributed by atoms with Crippen LogP contribution in [0.15, 0.2) is 72.9 Å². The summed E-state index contributed by atoms with van der Waals surface area (Å²) in [6, 6.07) is 21.6. The van der Waals surface area contributed by atoms with E-state index < -0.39 is 0 Å². The number of nitrogens with two attached hydrogens (primary N) is 1. The van der Waals surface area contributed by atoms with Crippen molar-refractivity contribution in [1.82, 2.24) is 4.57 Å². The minimum atomic E-state index is -0.319. The normalized spacial score (nSPS) is 13.1. The van der Waals surface area contributed by atoms with Gasteiger partial charge in [0.2, 0.25) is 0 Å². The number of fused-ring (bicyclic) bond motifs is 1. The molecular weight excluding hydrogens is 450 g/mol. The molecule has 0 bridgehead atoms. The van der Waals surface area contributed by atoms with E-state index in [0.717, 1.165) is 39.7 Å². The number of carbonyl (C=O) groups excluding carboxylic acids is 2. The molecule has 1 heterocycles. The molecule has 1 saturated carbocycles. The number of benzene rings is 3. The van der Waals surface area contributed by atoms with Gasteiger partial charge in [-0.05, 0) is 78.3 Å². The van der Waals surface area contributed by atoms with Crippen molar-refractivity contribution in [1.29, 1.82) is 0 Å². The third kappa shape index (κ3) is 5.19. The molecule has 0 saturated heterocycles. The summed E-state index contributed by atoms with van der Waals surface area (Å²) in [6.07, 6.45) is 4.73. The quantitative estimate of drug-likeness (QED) is 0.308. The summed E-state index contributed by atoms with van der Waals surface area (Å²) in [4.78, 5) is 25.6. The van der Waals surface area contributed by atoms with Crippen molar-refractivity contribution in [3.8, 4) is 11.1 Å². The van der Waals surface area contributed by atoms with Crippen LogP contribution in [0.5, 0.6) is 0 Å². The second-order valence-corrected chi connectivity index (χ2v) is 9.37. The predicted octanol–water partition coefficient (Wildman–Crippen LogP) is 5.53. The van der Waals surface area contributed by atoms with Crippen molar-refractivity contribution in [3.05, 3.63) is 89.6 Å². The lowest BCUT2D eigenvalue weighted by molar-refractivity contribution is -0.142. The molecule has 1 fully saturated rings. The maximum absolute atomic E-state index is 13.5. The van der Waals surface area contributed by atoms with E-state index in [9.17, 15) is 9.59 Å². The highest BCUT2D eigenvalue weighted by Gasteiger charge is 2.23. The highest BCUT2D eigenvalue weighted by molar-refractivity contribution is 6.09. The van der Waals surface area contributed by atoms with Gasteiger partial charge in [-0.15, -0.1) is 0 Å². The van der Waals surface area contributed by atoms with E-state index in [4.69, 9.17) is 10.5 Å². The Bertz CT molecular complexity index is 1420. The molecule has 0 aliphatic heterocycles. The first-order chi connectivity index (χ1) is 17.6. The van der Waals surface area contributed by atoms with Crippen LogP contribution in [0, 0.1) is 5.92 Å². The van der Waals surface area contributed by atoms with E-state index in [1.807, 2.05) is 48.5 Å². The Morgan fingerprint density at radius 2 is 1.89 bits per heavy atom. The van der Waals surface area contributed by atoms with E-state index in [2.05, 4.69) is 34.3 Å². The lowest BCUT2D eigenvalue weighted by Gasteiger charge is -2.14. The van der Waals surface area contributed by atoms with Crippen LogP contribution in [0.25, 0.3) is 22.0 Å². The second-order valence-electron chi connectivity index (χ2n) is 9.37. The number of aromatic nitrogens is 1. The predicted molar refractivity (Wildman–Crippen MR) is 143 cm³/mol. The molecule has 5 rings (SSSR count). The minimum Gasteiger partial charge on any atom is -0.466 e. The largest absolute Gasteiger partial charge is 0.466 e. The highest BCUT2D eigenvalue weighted by Crippen LogP contribution is 2.35. The van der Waals surface area contributed by atoms with Gasteiger partial charge in [0, 0.05) is 41.4 Å². The summed E-state index contributed by atoms with van der Waals surface area (Å²) in [5.41, 5.74) is 11.9. The molecule has 0 spiro atoms. The van der Waals surface area contributed by atoms with Gasteiger partial charge in [0.05, 0.1) is 13.0 Å². The van der Waals surface area contributed by atoms with Crippen molar-refractivity contribution in [2.45, 2.75) is 39.3 Å². The van der Waals surface area contributed by atoms with Gasteiger partial charge in [-0.1, -0.05) is 36.4 Å². The first kappa shape index (κ1) is 23.8. The van der Waals surface area contributed by atoms with Gasteiger partial charge in [-0.3, -0.25) is 9.59 Å². The second kappa shape index (κ2) is 10.4. The molecule has 0 unspecified atom stereocenters. The topological polar surface area (TPSA) is 86.3 Å². The van der Waals surface area contributed by atoms with Gasteiger partial charge >= 0.3 is 5.97 Å². The number of amides is 1. The van der Waals surface area contributed by atoms with Crippen molar-refractivity contribution in [2.24, 2.45) is 11.7 Å². The van der Waals surface area contributed by atoms with Crippen molar-refractivity contribution in [3.63, 3.8) is 0 Å². The molecule has 4 aromatic rings. The Kier molecular flexibility index (Phi) is 6.87. The number of anilines is 1. The molecule has 36 heavy (non-hydrogen) atoms. The lowest BCUT2D eigenvalue weighted by Crippen LogP contribution is -2.15. The average Bonchev–Trinajstić information content (AvgIpc) is 3.62. The molecule has 0 radical (unpaired) electrons. The van der Waals surface area contributed by atoms with Gasteiger partial charge in [-0.2, -0.15) is 0 Å². The zero-order valence-electron chi connectivity index (χ0n) is 20.5. The van der Waals surface area contributed by atoms with Crippen LogP contribution in [-0.2, 0) is 29.0 Å². The fourth-order valence-corrected chi connectivity index (χ4v) is 4.63. The number of hydrogen-bond donors (Lipinski definition) is 2. The number of hydrogen-bond acceptors (Lipinski definition) is 4. The van der Waals surface area contributed by atoms with Crippen molar-refractivity contribution in [2.75, 3.05) is 11.9 Å². The first-order valence-corrected chi connectivity index (χ1v) is 12.5. The van der Waals surface area contributed by atoms with Crippen LogP contribution >= 0.6 is 0 Å². The van der Waals surface area contributed by atoms with Crippen molar-refractivity contribution >= 4 is 28.5 Å². The third-order valence-corrected chi connectivity index (χ3v) is 6.68. The maximum atomic E-state index is 13.5. The Hall–Kier alpha value is -3.90.